The highest BCUT2D eigenvalue weighted by Crippen LogP contribution is 2.24. The van der Waals surface area contributed by atoms with Crippen molar-refractivity contribution in [2.45, 2.75) is 25.8 Å². The summed E-state index contributed by atoms with van der Waals surface area (Å²) in [7, 11) is 0. The summed E-state index contributed by atoms with van der Waals surface area (Å²) in [6.07, 6.45) is 1.79. The molecule has 1 saturated heterocycles. The summed E-state index contributed by atoms with van der Waals surface area (Å²) >= 11 is 1.55. The number of nitrogens with one attached hydrogen (secondary N) is 1. The lowest BCUT2D eigenvalue weighted by Gasteiger charge is -2.23. The highest BCUT2D eigenvalue weighted by atomic mass is 32.2. The van der Waals surface area contributed by atoms with Crippen LogP contribution in [-0.2, 0) is 9.53 Å². The van der Waals surface area contributed by atoms with Gasteiger partial charge in [0.25, 0.3) is 5.91 Å². The molecule has 0 bridgehead atoms. The van der Waals surface area contributed by atoms with Gasteiger partial charge in [0.05, 0.1) is 18.0 Å². The average Bonchev–Trinajstić information content (AvgIpc) is 3.24. The molecular weight excluding hydrogens is 388 g/mol. The van der Waals surface area contributed by atoms with E-state index in [-0.39, 0.29) is 17.8 Å². The Morgan fingerprint density at radius 3 is 2.48 bits per heavy atom. The van der Waals surface area contributed by atoms with Gasteiger partial charge in [0.1, 0.15) is 6.04 Å². The van der Waals surface area contributed by atoms with Crippen LogP contribution < -0.4 is 5.32 Å². The highest BCUT2D eigenvalue weighted by Gasteiger charge is 2.35. The number of hydrogen-bond donors (Lipinski definition) is 1. The standard InChI is InChI=1S/C22H24N2O4S/c1-2-3-13-28-22(27)17-9-11-18(12-10-17)23-20(25)19-14-29-15-24(19)21(26)16-7-5-4-6-8-16/h4-12,19H,2-3,13-15H2,1H3,(H,23,25). The Hall–Kier alpha value is -2.80. The van der Waals surface area contributed by atoms with E-state index >= 15 is 0 Å². The Labute approximate surface area is 174 Å². The number of carbonyl (C=O) groups excluding carboxylic acids is 3. The molecule has 2 aromatic rings. The molecule has 0 spiro atoms. The van der Waals surface area contributed by atoms with E-state index in [0.717, 1.165) is 12.8 Å². The number of rotatable bonds is 7. The number of unbranched alkanes of at least 4 members (excludes halogenated alkanes) is 1. The first-order valence-electron chi connectivity index (χ1n) is 9.62. The SMILES string of the molecule is CCCCOC(=O)c1ccc(NC(=O)C2CSCN2C(=O)c2ccccc2)cc1. The molecule has 1 aliphatic heterocycles. The molecule has 2 amide bonds. The fourth-order valence-electron chi connectivity index (χ4n) is 2.91. The first-order valence-corrected chi connectivity index (χ1v) is 10.8. The Balaban J connectivity index is 1.60. The van der Waals surface area contributed by atoms with Crippen molar-refractivity contribution in [3.05, 3.63) is 65.7 Å². The lowest BCUT2D eigenvalue weighted by molar-refractivity contribution is -0.119. The molecule has 1 heterocycles. The molecule has 152 valence electrons. The molecule has 1 aliphatic rings. The Bertz CT molecular complexity index is 855. The number of nitrogens with zero attached hydrogens (tertiary/aromatic N) is 1. The normalized spacial score (nSPS) is 15.8. The lowest BCUT2D eigenvalue weighted by Crippen LogP contribution is -2.44. The van der Waals surface area contributed by atoms with Gasteiger partial charge >= 0.3 is 5.97 Å². The first-order chi connectivity index (χ1) is 14.1. The minimum atomic E-state index is -0.536. The van der Waals surface area contributed by atoms with Gasteiger partial charge in [0.15, 0.2) is 0 Å². The van der Waals surface area contributed by atoms with Gasteiger partial charge in [0, 0.05) is 17.0 Å². The molecule has 0 aliphatic carbocycles. The fraction of sp³-hybridized carbons (Fsp3) is 0.318. The topological polar surface area (TPSA) is 75.7 Å². The Morgan fingerprint density at radius 2 is 1.79 bits per heavy atom. The molecule has 1 fully saturated rings. The predicted octanol–water partition coefficient (Wildman–Crippen LogP) is 3.80. The van der Waals surface area contributed by atoms with Crippen molar-refractivity contribution in [3.8, 4) is 0 Å². The zero-order valence-electron chi connectivity index (χ0n) is 16.3. The summed E-state index contributed by atoms with van der Waals surface area (Å²) in [6.45, 7) is 2.43. The maximum absolute atomic E-state index is 12.7. The van der Waals surface area contributed by atoms with Gasteiger partial charge in [-0.25, -0.2) is 4.79 Å². The quantitative estimate of drug-likeness (QED) is 0.553. The second kappa shape index (κ2) is 10.1. The summed E-state index contributed by atoms with van der Waals surface area (Å²) in [4.78, 5) is 39.0. The van der Waals surface area contributed by atoms with Crippen LogP contribution in [0.1, 0.15) is 40.5 Å². The minimum absolute atomic E-state index is 0.152. The highest BCUT2D eigenvalue weighted by molar-refractivity contribution is 7.99. The van der Waals surface area contributed by atoms with E-state index in [1.165, 1.54) is 0 Å². The zero-order chi connectivity index (χ0) is 20.6. The van der Waals surface area contributed by atoms with Crippen LogP contribution in [-0.4, -0.2) is 47.0 Å². The Kier molecular flexibility index (Phi) is 7.30. The van der Waals surface area contributed by atoms with Crippen LogP contribution in [0.15, 0.2) is 54.6 Å². The number of hydrogen-bond acceptors (Lipinski definition) is 5. The zero-order valence-corrected chi connectivity index (χ0v) is 17.1. The molecule has 3 rings (SSSR count). The molecule has 2 aromatic carbocycles. The van der Waals surface area contributed by atoms with E-state index in [0.29, 0.717) is 35.1 Å². The number of ether oxygens (including phenoxy) is 1. The summed E-state index contributed by atoms with van der Waals surface area (Å²) in [5.41, 5.74) is 1.58. The number of anilines is 1. The van der Waals surface area contributed by atoms with E-state index in [4.69, 9.17) is 4.74 Å². The van der Waals surface area contributed by atoms with Crippen LogP contribution in [0.4, 0.5) is 5.69 Å². The van der Waals surface area contributed by atoms with E-state index in [9.17, 15) is 14.4 Å². The van der Waals surface area contributed by atoms with Gasteiger partial charge in [-0.1, -0.05) is 31.5 Å². The van der Waals surface area contributed by atoms with E-state index < -0.39 is 6.04 Å². The van der Waals surface area contributed by atoms with Crippen molar-refractivity contribution in [1.29, 1.82) is 0 Å². The third-order valence-electron chi connectivity index (χ3n) is 4.59. The number of carbonyl (C=O) groups is 3. The van der Waals surface area contributed by atoms with Gasteiger partial charge < -0.3 is 15.0 Å². The van der Waals surface area contributed by atoms with Crippen LogP contribution in [0.2, 0.25) is 0 Å². The van der Waals surface area contributed by atoms with Crippen molar-refractivity contribution in [1.82, 2.24) is 4.90 Å². The predicted molar refractivity (Wildman–Crippen MR) is 114 cm³/mol. The van der Waals surface area contributed by atoms with E-state index in [2.05, 4.69) is 5.32 Å². The van der Waals surface area contributed by atoms with Gasteiger partial charge in [-0.05, 0) is 42.8 Å². The molecular formula is C22H24N2O4S. The van der Waals surface area contributed by atoms with Crippen molar-refractivity contribution < 1.29 is 19.1 Å². The number of benzene rings is 2. The second-order valence-corrected chi connectivity index (χ2v) is 7.71. The molecule has 1 unspecified atom stereocenters. The van der Waals surface area contributed by atoms with Crippen molar-refractivity contribution in [2.24, 2.45) is 0 Å². The third kappa shape index (κ3) is 5.38. The Morgan fingerprint density at radius 1 is 1.07 bits per heavy atom. The molecule has 0 aromatic heterocycles. The summed E-state index contributed by atoms with van der Waals surface area (Å²) < 4.78 is 5.18. The summed E-state index contributed by atoms with van der Waals surface area (Å²) in [6, 6.07) is 15.0. The summed E-state index contributed by atoms with van der Waals surface area (Å²) in [5, 5.41) is 2.84. The van der Waals surface area contributed by atoms with Crippen LogP contribution in [0, 0.1) is 0 Å². The number of thioether (sulfide) groups is 1. The average molecular weight is 413 g/mol. The lowest BCUT2D eigenvalue weighted by atomic mass is 10.1. The molecule has 1 N–H and O–H groups in total. The minimum Gasteiger partial charge on any atom is -0.462 e. The van der Waals surface area contributed by atoms with Crippen LogP contribution >= 0.6 is 11.8 Å². The van der Waals surface area contributed by atoms with Crippen LogP contribution in [0.3, 0.4) is 0 Å². The first kappa shape index (κ1) is 20.9. The molecule has 6 nitrogen and oxygen atoms in total. The number of esters is 1. The van der Waals surface area contributed by atoms with Crippen molar-refractivity contribution in [2.75, 3.05) is 23.6 Å². The van der Waals surface area contributed by atoms with E-state index in [1.54, 1.807) is 65.2 Å². The molecule has 7 heteroatoms. The van der Waals surface area contributed by atoms with Gasteiger partial charge in [-0.3, -0.25) is 9.59 Å². The summed E-state index contributed by atoms with van der Waals surface area (Å²) in [5.74, 6) is 0.266. The molecule has 1 atom stereocenters. The molecule has 0 radical (unpaired) electrons. The van der Waals surface area contributed by atoms with Gasteiger partial charge in [-0.2, -0.15) is 0 Å². The third-order valence-corrected chi connectivity index (χ3v) is 5.60. The van der Waals surface area contributed by atoms with Crippen LogP contribution in [0.5, 0.6) is 0 Å². The van der Waals surface area contributed by atoms with Crippen molar-refractivity contribution in [3.63, 3.8) is 0 Å². The van der Waals surface area contributed by atoms with Crippen LogP contribution in [0.25, 0.3) is 0 Å². The largest absolute Gasteiger partial charge is 0.462 e. The van der Waals surface area contributed by atoms with Gasteiger partial charge in [-0.15, -0.1) is 11.8 Å². The van der Waals surface area contributed by atoms with E-state index in [1.807, 2.05) is 13.0 Å². The maximum atomic E-state index is 12.7. The second-order valence-electron chi connectivity index (χ2n) is 6.71. The smallest absolute Gasteiger partial charge is 0.338 e. The maximum Gasteiger partial charge on any atom is 0.338 e. The number of amides is 2. The fourth-order valence-corrected chi connectivity index (χ4v) is 4.07. The monoisotopic (exact) mass is 412 g/mol. The van der Waals surface area contributed by atoms with Crippen molar-refractivity contribution >= 4 is 35.2 Å². The van der Waals surface area contributed by atoms with Gasteiger partial charge in [0.2, 0.25) is 5.91 Å². The molecule has 0 saturated carbocycles. The molecule has 29 heavy (non-hydrogen) atoms.